The van der Waals surface area contributed by atoms with Crippen molar-refractivity contribution < 1.29 is 15.0 Å². The Balaban J connectivity index is 1.85. The Morgan fingerprint density at radius 2 is 1.92 bits per heavy atom. The average molecular weight is 415 g/mol. The van der Waals surface area contributed by atoms with E-state index in [0.29, 0.717) is 40.1 Å². The first kappa shape index (κ1) is 21.0. The van der Waals surface area contributed by atoms with Crippen LogP contribution in [0.1, 0.15) is 24.6 Å². The summed E-state index contributed by atoms with van der Waals surface area (Å²) >= 11 is 13.7. The molecular formula is C18H20Cl2N2O3S. The molecule has 140 valence electrons. The van der Waals surface area contributed by atoms with Gasteiger partial charge in [-0.15, -0.1) is 0 Å². The number of pyridine rings is 1. The molecule has 1 aromatic carbocycles. The number of aliphatic carboxylic acids is 1. The predicted molar refractivity (Wildman–Crippen MR) is 107 cm³/mol. The van der Waals surface area contributed by atoms with Crippen LogP contribution in [-0.4, -0.2) is 38.7 Å². The molecule has 0 amide bonds. The molecule has 8 heteroatoms. The fraction of sp³-hybridized carbons (Fsp3) is 0.333. The van der Waals surface area contributed by atoms with Crippen molar-refractivity contribution in [3.05, 3.63) is 52.3 Å². The molecular weight excluding hydrogens is 395 g/mol. The van der Waals surface area contributed by atoms with Crippen molar-refractivity contribution in [1.29, 1.82) is 0 Å². The third-order valence-electron chi connectivity index (χ3n) is 3.80. The number of benzene rings is 1. The van der Waals surface area contributed by atoms with Crippen LogP contribution < -0.4 is 5.73 Å². The summed E-state index contributed by atoms with van der Waals surface area (Å²) < 4.78 is 0. The number of hydrogen-bond donors (Lipinski definition) is 3. The Morgan fingerprint density at radius 1 is 1.19 bits per heavy atom. The Labute approximate surface area is 166 Å². The Hall–Kier alpha value is -1.31. The highest BCUT2D eigenvalue weighted by Crippen LogP contribution is 2.30. The summed E-state index contributed by atoms with van der Waals surface area (Å²) in [6.07, 6.45) is 1.93. The monoisotopic (exact) mass is 414 g/mol. The summed E-state index contributed by atoms with van der Waals surface area (Å²) in [5.41, 5.74) is 7.70. The number of nitrogens with zero attached hydrogens (tertiary/aromatic N) is 1. The fourth-order valence-electron chi connectivity index (χ4n) is 2.26. The van der Waals surface area contributed by atoms with E-state index in [9.17, 15) is 9.90 Å². The summed E-state index contributed by atoms with van der Waals surface area (Å²) in [4.78, 5) is 14.9. The van der Waals surface area contributed by atoms with Crippen LogP contribution in [0.4, 0.5) is 0 Å². The van der Waals surface area contributed by atoms with E-state index >= 15 is 0 Å². The highest BCUT2D eigenvalue weighted by Gasteiger charge is 2.13. The van der Waals surface area contributed by atoms with E-state index < -0.39 is 18.1 Å². The number of rotatable bonds is 9. The van der Waals surface area contributed by atoms with Gasteiger partial charge in [0.15, 0.2) is 0 Å². The molecule has 0 spiro atoms. The van der Waals surface area contributed by atoms with Crippen molar-refractivity contribution in [2.75, 3.05) is 11.5 Å². The predicted octanol–water partition coefficient (Wildman–Crippen LogP) is 4.01. The quantitative estimate of drug-likeness (QED) is 0.536. The fourth-order valence-corrected chi connectivity index (χ4v) is 3.80. The normalized spacial score (nSPS) is 13.4. The van der Waals surface area contributed by atoms with Crippen LogP contribution in [0, 0.1) is 0 Å². The average Bonchev–Trinajstić information content (AvgIpc) is 2.61. The molecule has 0 saturated heterocycles. The van der Waals surface area contributed by atoms with Gasteiger partial charge in [0, 0.05) is 27.4 Å². The second kappa shape index (κ2) is 10.1. The van der Waals surface area contributed by atoms with Gasteiger partial charge in [0.1, 0.15) is 6.04 Å². The first-order chi connectivity index (χ1) is 12.4. The Morgan fingerprint density at radius 3 is 2.54 bits per heavy atom. The molecule has 1 heterocycles. The van der Waals surface area contributed by atoms with Crippen molar-refractivity contribution in [2.45, 2.75) is 25.0 Å². The smallest absolute Gasteiger partial charge is 0.320 e. The van der Waals surface area contributed by atoms with Crippen molar-refractivity contribution in [1.82, 2.24) is 4.98 Å². The first-order valence-corrected chi connectivity index (χ1v) is 9.95. The van der Waals surface area contributed by atoms with Crippen molar-refractivity contribution in [3.63, 3.8) is 0 Å². The van der Waals surface area contributed by atoms with Crippen LogP contribution in [0.25, 0.3) is 11.1 Å². The lowest BCUT2D eigenvalue weighted by Crippen LogP contribution is -2.30. The first-order valence-electron chi connectivity index (χ1n) is 8.04. The Bertz CT molecular complexity index is 744. The number of carboxylic acids is 1. The molecule has 2 atom stereocenters. The van der Waals surface area contributed by atoms with Crippen LogP contribution in [0.15, 0.2) is 36.5 Å². The molecule has 0 aliphatic carbocycles. The lowest BCUT2D eigenvalue weighted by atomic mass is 10.1. The van der Waals surface area contributed by atoms with Crippen molar-refractivity contribution in [3.8, 4) is 11.1 Å². The van der Waals surface area contributed by atoms with Crippen LogP contribution in [-0.2, 0) is 4.79 Å². The van der Waals surface area contributed by atoms with Gasteiger partial charge in [0.25, 0.3) is 0 Å². The van der Waals surface area contributed by atoms with E-state index in [1.165, 1.54) is 0 Å². The molecule has 26 heavy (non-hydrogen) atoms. The second-order valence-corrected chi connectivity index (χ2v) is 7.81. The number of hydrogen-bond acceptors (Lipinski definition) is 5. The van der Waals surface area contributed by atoms with Gasteiger partial charge in [-0.3, -0.25) is 9.78 Å². The molecule has 0 radical (unpaired) electrons. The number of thioether (sulfide) groups is 1. The molecule has 2 aromatic rings. The van der Waals surface area contributed by atoms with Gasteiger partial charge in [0.05, 0.1) is 11.8 Å². The SMILES string of the molecule is NC(CCSCCC(O)c1ccc(-c2ccc(Cl)cc2Cl)cn1)C(=O)O. The van der Waals surface area contributed by atoms with Gasteiger partial charge < -0.3 is 15.9 Å². The lowest BCUT2D eigenvalue weighted by Gasteiger charge is -2.11. The van der Waals surface area contributed by atoms with E-state index in [1.807, 2.05) is 12.1 Å². The molecule has 4 N–H and O–H groups in total. The van der Waals surface area contributed by atoms with Gasteiger partial charge in [-0.05, 0) is 42.5 Å². The van der Waals surface area contributed by atoms with E-state index in [-0.39, 0.29) is 0 Å². The van der Waals surface area contributed by atoms with Crippen LogP contribution in [0.2, 0.25) is 10.0 Å². The highest BCUT2D eigenvalue weighted by atomic mass is 35.5. The number of aliphatic hydroxyl groups is 1. The second-order valence-electron chi connectivity index (χ2n) is 5.75. The topological polar surface area (TPSA) is 96.4 Å². The molecule has 0 aliphatic rings. The third kappa shape index (κ3) is 6.14. The van der Waals surface area contributed by atoms with E-state index in [0.717, 1.165) is 11.1 Å². The van der Waals surface area contributed by atoms with Gasteiger partial charge >= 0.3 is 5.97 Å². The lowest BCUT2D eigenvalue weighted by molar-refractivity contribution is -0.138. The molecule has 1 aromatic heterocycles. The molecule has 2 unspecified atom stereocenters. The zero-order chi connectivity index (χ0) is 19.1. The minimum absolute atomic E-state index is 0.408. The zero-order valence-corrected chi connectivity index (χ0v) is 16.3. The maximum absolute atomic E-state index is 10.6. The van der Waals surface area contributed by atoms with Crippen molar-refractivity contribution in [2.24, 2.45) is 5.73 Å². The third-order valence-corrected chi connectivity index (χ3v) is 5.39. The zero-order valence-electron chi connectivity index (χ0n) is 13.9. The standard InChI is InChI=1S/C18H20Cl2N2O3S/c19-12-2-3-13(14(20)9-12)11-1-4-16(22-10-11)17(23)6-8-26-7-5-15(21)18(24)25/h1-4,9-10,15,17,23H,5-8,21H2,(H,24,25). The molecule has 0 fully saturated rings. The van der Waals surface area contributed by atoms with E-state index in [2.05, 4.69) is 4.98 Å². The summed E-state index contributed by atoms with van der Waals surface area (Å²) in [5, 5.41) is 20.1. The highest BCUT2D eigenvalue weighted by molar-refractivity contribution is 7.99. The van der Waals surface area contributed by atoms with Crippen LogP contribution >= 0.6 is 35.0 Å². The molecule has 2 rings (SSSR count). The maximum Gasteiger partial charge on any atom is 0.320 e. The minimum Gasteiger partial charge on any atom is -0.480 e. The number of aromatic nitrogens is 1. The largest absolute Gasteiger partial charge is 0.480 e. The molecule has 0 saturated carbocycles. The van der Waals surface area contributed by atoms with Gasteiger partial charge in [-0.1, -0.05) is 35.3 Å². The number of carbonyl (C=O) groups is 1. The maximum atomic E-state index is 10.6. The number of halogens is 2. The molecule has 0 bridgehead atoms. The minimum atomic E-state index is -0.990. The Kier molecular flexibility index (Phi) is 8.18. The summed E-state index contributed by atoms with van der Waals surface area (Å²) in [7, 11) is 0. The van der Waals surface area contributed by atoms with Crippen LogP contribution in [0.3, 0.4) is 0 Å². The number of nitrogens with two attached hydrogens (primary N) is 1. The number of carboxylic acid groups (broad SMARTS) is 1. The summed E-state index contributed by atoms with van der Waals surface area (Å²) in [5.74, 6) is 0.345. The summed E-state index contributed by atoms with van der Waals surface area (Å²) in [6.45, 7) is 0. The van der Waals surface area contributed by atoms with E-state index in [4.69, 9.17) is 34.0 Å². The molecule has 5 nitrogen and oxygen atoms in total. The van der Waals surface area contributed by atoms with E-state index in [1.54, 1.807) is 36.2 Å². The molecule has 0 aliphatic heterocycles. The number of aliphatic hydroxyl groups excluding tert-OH is 1. The van der Waals surface area contributed by atoms with Crippen molar-refractivity contribution >= 4 is 40.9 Å². The van der Waals surface area contributed by atoms with Crippen LogP contribution in [0.5, 0.6) is 0 Å². The van der Waals surface area contributed by atoms with Gasteiger partial charge in [-0.25, -0.2) is 0 Å². The summed E-state index contributed by atoms with van der Waals surface area (Å²) in [6, 6.07) is 8.07. The van der Waals surface area contributed by atoms with Gasteiger partial charge in [-0.2, -0.15) is 11.8 Å². The van der Waals surface area contributed by atoms with Gasteiger partial charge in [0.2, 0.25) is 0 Å².